The first-order valence-corrected chi connectivity index (χ1v) is 9.92. The third-order valence-electron chi connectivity index (χ3n) is 5.65. The summed E-state index contributed by atoms with van der Waals surface area (Å²) in [4.78, 5) is 15.6. The summed E-state index contributed by atoms with van der Waals surface area (Å²) in [6.45, 7) is 2.05. The van der Waals surface area contributed by atoms with E-state index in [1.807, 2.05) is 24.3 Å². The average Bonchev–Trinajstić information content (AvgIpc) is 3.15. The molecule has 5 nitrogen and oxygen atoms in total. The number of imidazole rings is 1. The fourth-order valence-electron chi connectivity index (χ4n) is 4.27. The number of hydrogen-bond acceptors (Lipinski definition) is 4. The standard InChI is InChI=1S/C23H24N4O/c1-28-20-10-4-7-17-11-12-22(26-23(17)20)27-13-5-6-16(15-27)14-21-24-18-8-2-3-9-19(18)25-21/h2-4,7-12,16H,5-6,13-15H2,1H3,(H,24,25)/t16-/m0/s1. The maximum atomic E-state index is 5.51. The van der Waals surface area contributed by atoms with Crippen molar-refractivity contribution in [1.82, 2.24) is 15.0 Å². The van der Waals surface area contributed by atoms with Crippen molar-refractivity contribution in [3.63, 3.8) is 0 Å². The van der Waals surface area contributed by atoms with Crippen molar-refractivity contribution in [2.75, 3.05) is 25.1 Å². The maximum Gasteiger partial charge on any atom is 0.145 e. The number of methoxy groups -OCH3 is 1. The summed E-state index contributed by atoms with van der Waals surface area (Å²) in [6.07, 6.45) is 3.38. The molecule has 142 valence electrons. The minimum Gasteiger partial charge on any atom is -0.494 e. The van der Waals surface area contributed by atoms with E-state index in [0.717, 1.165) is 58.8 Å². The highest BCUT2D eigenvalue weighted by Gasteiger charge is 2.22. The number of H-pyrrole nitrogens is 1. The average molecular weight is 372 g/mol. The van der Waals surface area contributed by atoms with E-state index in [2.05, 4.69) is 40.2 Å². The number of hydrogen-bond donors (Lipinski definition) is 1. The number of pyridine rings is 1. The van der Waals surface area contributed by atoms with Gasteiger partial charge in [-0.2, -0.15) is 0 Å². The van der Waals surface area contributed by atoms with Crippen molar-refractivity contribution in [2.45, 2.75) is 19.3 Å². The van der Waals surface area contributed by atoms with Crippen LogP contribution < -0.4 is 9.64 Å². The second kappa shape index (κ2) is 7.15. The summed E-state index contributed by atoms with van der Waals surface area (Å²) in [5.74, 6) is 3.52. The van der Waals surface area contributed by atoms with E-state index >= 15 is 0 Å². The van der Waals surface area contributed by atoms with Crippen molar-refractivity contribution in [3.05, 3.63) is 60.4 Å². The molecule has 0 amide bonds. The number of ether oxygens (including phenoxy) is 1. The van der Waals surface area contributed by atoms with Crippen LogP contribution in [0.1, 0.15) is 18.7 Å². The van der Waals surface area contributed by atoms with Gasteiger partial charge in [-0.25, -0.2) is 9.97 Å². The van der Waals surface area contributed by atoms with Gasteiger partial charge in [0.25, 0.3) is 0 Å². The Morgan fingerprint density at radius 3 is 2.89 bits per heavy atom. The van der Waals surface area contributed by atoms with Crippen LogP contribution >= 0.6 is 0 Å². The Hall–Kier alpha value is -3.08. The number of nitrogens with one attached hydrogen (secondary N) is 1. The number of aromatic nitrogens is 3. The molecule has 2 aromatic heterocycles. The zero-order chi connectivity index (χ0) is 18.9. The highest BCUT2D eigenvalue weighted by Crippen LogP contribution is 2.29. The monoisotopic (exact) mass is 372 g/mol. The lowest BCUT2D eigenvalue weighted by atomic mass is 9.94. The Morgan fingerprint density at radius 2 is 2.00 bits per heavy atom. The molecule has 1 aliphatic rings. The van der Waals surface area contributed by atoms with E-state index in [1.165, 1.54) is 12.8 Å². The van der Waals surface area contributed by atoms with Crippen LogP contribution in [0.5, 0.6) is 5.75 Å². The molecular formula is C23H24N4O. The SMILES string of the molecule is COc1cccc2ccc(N3CCC[C@@H](Cc4nc5ccccc5[nH]4)C3)nc12. The van der Waals surface area contributed by atoms with Crippen molar-refractivity contribution in [3.8, 4) is 5.75 Å². The van der Waals surface area contributed by atoms with Crippen molar-refractivity contribution in [2.24, 2.45) is 5.92 Å². The topological polar surface area (TPSA) is 54.0 Å². The molecule has 0 bridgehead atoms. The highest BCUT2D eigenvalue weighted by molar-refractivity contribution is 5.86. The molecular weight excluding hydrogens is 348 g/mol. The third-order valence-corrected chi connectivity index (χ3v) is 5.65. The van der Waals surface area contributed by atoms with Gasteiger partial charge in [-0.3, -0.25) is 0 Å². The summed E-state index contributed by atoms with van der Waals surface area (Å²) in [5.41, 5.74) is 3.10. The summed E-state index contributed by atoms with van der Waals surface area (Å²) < 4.78 is 5.51. The molecule has 3 heterocycles. The summed E-state index contributed by atoms with van der Waals surface area (Å²) in [7, 11) is 1.70. The van der Waals surface area contributed by atoms with Crippen LogP contribution in [0, 0.1) is 5.92 Å². The lowest BCUT2D eigenvalue weighted by Crippen LogP contribution is -2.36. The van der Waals surface area contributed by atoms with Gasteiger partial charge in [0.1, 0.15) is 22.9 Å². The minimum absolute atomic E-state index is 0.574. The fourth-order valence-corrected chi connectivity index (χ4v) is 4.27. The number of piperidine rings is 1. The lowest BCUT2D eigenvalue weighted by molar-refractivity contribution is 0.405. The van der Waals surface area contributed by atoms with Gasteiger partial charge in [-0.05, 0) is 49.1 Å². The number of benzene rings is 2. The van der Waals surface area contributed by atoms with Gasteiger partial charge in [0.15, 0.2) is 0 Å². The van der Waals surface area contributed by atoms with Gasteiger partial charge >= 0.3 is 0 Å². The smallest absolute Gasteiger partial charge is 0.145 e. The Kier molecular flexibility index (Phi) is 4.35. The summed E-state index contributed by atoms with van der Waals surface area (Å²) in [6, 6.07) is 18.6. The van der Waals surface area contributed by atoms with E-state index in [9.17, 15) is 0 Å². The van der Waals surface area contributed by atoms with Gasteiger partial charge < -0.3 is 14.6 Å². The molecule has 0 radical (unpaired) electrons. The summed E-state index contributed by atoms with van der Waals surface area (Å²) in [5, 5.41) is 1.11. The molecule has 1 N–H and O–H groups in total. The van der Waals surface area contributed by atoms with Gasteiger partial charge in [-0.1, -0.05) is 24.3 Å². The zero-order valence-corrected chi connectivity index (χ0v) is 16.1. The number of fused-ring (bicyclic) bond motifs is 2. The molecule has 1 atom stereocenters. The van der Waals surface area contributed by atoms with Crippen molar-refractivity contribution in [1.29, 1.82) is 0 Å². The minimum atomic E-state index is 0.574. The third kappa shape index (κ3) is 3.17. The molecule has 1 aliphatic heterocycles. The molecule has 0 spiro atoms. The Labute approximate surface area is 164 Å². The zero-order valence-electron chi connectivity index (χ0n) is 16.1. The lowest BCUT2D eigenvalue weighted by Gasteiger charge is -2.33. The van der Waals surface area contributed by atoms with Gasteiger partial charge in [0.05, 0.1) is 18.1 Å². The Morgan fingerprint density at radius 1 is 1.07 bits per heavy atom. The molecule has 2 aromatic carbocycles. The number of anilines is 1. The van der Waals surface area contributed by atoms with E-state index in [1.54, 1.807) is 7.11 Å². The predicted molar refractivity (Wildman–Crippen MR) is 113 cm³/mol. The van der Waals surface area contributed by atoms with E-state index in [4.69, 9.17) is 14.7 Å². The molecule has 4 aromatic rings. The second-order valence-corrected chi connectivity index (χ2v) is 7.56. The van der Waals surface area contributed by atoms with Crippen LogP contribution in [0.25, 0.3) is 21.9 Å². The highest BCUT2D eigenvalue weighted by atomic mass is 16.5. The molecule has 0 saturated carbocycles. The number of rotatable bonds is 4. The van der Waals surface area contributed by atoms with Crippen LogP contribution in [0.15, 0.2) is 54.6 Å². The second-order valence-electron chi connectivity index (χ2n) is 7.56. The normalized spacial score (nSPS) is 17.3. The predicted octanol–water partition coefficient (Wildman–Crippen LogP) is 4.58. The first-order valence-electron chi connectivity index (χ1n) is 9.92. The fraction of sp³-hybridized carbons (Fsp3) is 0.304. The van der Waals surface area contributed by atoms with Crippen molar-refractivity contribution < 1.29 is 4.74 Å². The quantitative estimate of drug-likeness (QED) is 0.570. The van der Waals surface area contributed by atoms with Crippen molar-refractivity contribution >= 4 is 27.8 Å². The molecule has 0 aliphatic carbocycles. The van der Waals surface area contributed by atoms with Crippen LogP contribution in [-0.2, 0) is 6.42 Å². The largest absolute Gasteiger partial charge is 0.494 e. The molecule has 0 unspecified atom stereocenters. The van der Waals surface area contributed by atoms with Crippen LogP contribution in [0.4, 0.5) is 5.82 Å². The molecule has 1 saturated heterocycles. The maximum absolute atomic E-state index is 5.51. The van der Waals surface area contributed by atoms with E-state index < -0.39 is 0 Å². The number of aromatic amines is 1. The van der Waals surface area contributed by atoms with Gasteiger partial charge in [0.2, 0.25) is 0 Å². The first kappa shape index (κ1) is 17.0. The van der Waals surface area contributed by atoms with Gasteiger partial charge in [-0.15, -0.1) is 0 Å². The Balaban J connectivity index is 1.37. The first-order chi connectivity index (χ1) is 13.8. The number of nitrogens with zero attached hydrogens (tertiary/aromatic N) is 3. The molecule has 5 heteroatoms. The van der Waals surface area contributed by atoms with Crippen LogP contribution in [0.2, 0.25) is 0 Å². The van der Waals surface area contributed by atoms with Gasteiger partial charge in [0, 0.05) is 24.9 Å². The van der Waals surface area contributed by atoms with E-state index in [-0.39, 0.29) is 0 Å². The van der Waals surface area contributed by atoms with Crippen LogP contribution in [-0.4, -0.2) is 35.2 Å². The molecule has 28 heavy (non-hydrogen) atoms. The number of para-hydroxylation sites is 3. The molecule has 5 rings (SSSR count). The Bertz CT molecular complexity index is 1090. The van der Waals surface area contributed by atoms with E-state index in [0.29, 0.717) is 5.92 Å². The van der Waals surface area contributed by atoms with Crippen LogP contribution in [0.3, 0.4) is 0 Å². The summed E-state index contributed by atoms with van der Waals surface area (Å²) >= 11 is 0. The molecule has 1 fully saturated rings.